The first-order chi connectivity index (χ1) is 14.1. The Hall–Kier alpha value is -1.26. The molecule has 1 N–H and O–H groups in total. The van der Waals surface area contributed by atoms with Crippen molar-refractivity contribution in [1.82, 2.24) is 19.9 Å². The minimum absolute atomic E-state index is 0.0678. The molecule has 10 heteroatoms. The average Bonchev–Trinajstić information content (AvgIpc) is 3.48. The molecule has 0 aliphatic carbocycles. The molecule has 0 unspecified atom stereocenters. The molecule has 2 fully saturated rings. The summed E-state index contributed by atoms with van der Waals surface area (Å²) < 4.78 is 22.2. The summed E-state index contributed by atoms with van der Waals surface area (Å²) >= 11 is -2.93. The van der Waals surface area contributed by atoms with Crippen molar-refractivity contribution in [2.75, 3.05) is 39.3 Å². The molecule has 1 aromatic rings. The van der Waals surface area contributed by atoms with Crippen molar-refractivity contribution in [3.8, 4) is 0 Å². The van der Waals surface area contributed by atoms with Crippen molar-refractivity contribution >= 4 is 34.9 Å². The van der Waals surface area contributed by atoms with Crippen molar-refractivity contribution in [2.24, 2.45) is 10.9 Å². The summed E-state index contributed by atoms with van der Waals surface area (Å²) in [5.74, 6) is 1.16. The number of hydrogen-bond acceptors (Lipinski definition) is 7. The maximum absolute atomic E-state index is 14.4. The molecular formula is C19H27FInN5O3. The molecule has 0 radical (unpaired) electrons. The quantitative estimate of drug-likeness (QED) is 0.605. The molecule has 0 bridgehead atoms. The molecule has 4 heterocycles. The molecular weight excluding hydrogens is 480 g/mol. The third-order valence-corrected chi connectivity index (χ3v) is 12.3. The molecule has 1 aromatic heterocycles. The van der Waals surface area contributed by atoms with Crippen LogP contribution in [0.3, 0.4) is 0 Å². The van der Waals surface area contributed by atoms with Gasteiger partial charge in [0.15, 0.2) is 0 Å². The summed E-state index contributed by atoms with van der Waals surface area (Å²) in [4.78, 5) is 24.6. The van der Waals surface area contributed by atoms with Crippen molar-refractivity contribution in [3.05, 3.63) is 15.2 Å². The van der Waals surface area contributed by atoms with E-state index < -0.39 is 28.0 Å². The summed E-state index contributed by atoms with van der Waals surface area (Å²) in [5.41, 5.74) is 0.552. The van der Waals surface area contributed by atoms with Gasteiger partial charge in [-0.25, -0.2) is 0 Å². The Morgan fingerprint density at radius 1 is 1.34 bits per heavy atom. The maximum atomic E-state index is 14.4. The van der Waals surface area contributed by atoms with E-state index in [1.54, 1.807) is 8.87 Å². The van der Waals surface area contributed by atoms with Crippen LogP contribution in [0.2, 0.25) is 0 Å². The zero-order chi connectivity index (χ0) is 20.4. The molecule has 0 saturated carbocycles. The van der Waals surface area contributed by atoms with Crippen LogP contribution in [0.15, 0.2) is 18.8 Å². The second-order valence-electron chi connectivity index (χ2n) is 8.12. The average molecular weight is 507 g/mol. The molecule has 8 nitrogen and oxygen atoms in total. The number of hydrogen-bond donors (Lipinski definition) is 1. The number of aliphatic hydroxyl groups is 1. The van der Waals surface area contributed by atoms with Gasteiger partial charge in [-0.05, 0) is 0 Å². The molecule has 0 aromatic carbocycles. The fraction of sp³-hybridized carbons (Fsp3) is 0.684. The Bertz CT molecular complexity index is 806. The number of nitrogens with zero attached hydrogens (tertiary/aromatic N) is 5. The number of halogens is 1. The number of amides is 1. The molecule has 156 valence electrons. The van der Waals surface area contributed by atoms with E-state index in [1.807, 2.05) is 6.92 Å². The van der Waals surface area contributed by atoms with Gasteiger partial charge >= 0.3 is 161 Å². The van der Waals surface area contributed by atoms with Crippen molar-refractivity contribution in [1.29, 1.82) is 0 Å². The van der Waals surface area contributed by atoms with Gasteiger partial charge in [-0.3, -0.25) is 4.79 Å². The number of piperidine rings is 1. The molecule has 3 aliphatic rings. The monoisotopic (exact) mass is 507 g/mol. The van der Waals surface area contributed by atoms with Gasteiger partial charge in [-0.2, -0.15) is 0 Å². The summed E-state index contributed by atoms with van der Waals surface area (Å²) in [6, 6.07) is 0. The molecule has 0 spiro atoms. The van der Waals surface area contributed by atoms with Gasteiger partial charge in [0.25, 0.3) is 0 Å². The van der Waals surface area contributed by atoms with Crippen molar-refractivity contribution < 1.29 is 18.8 Å². The van der Waals surface area contributed by atoms with E-state index in [9.17, 15) is 9.18 Å². The summed E-state index contributed by atoms with van der Waals surface area (Å²) in [5, 5.41) is 13.1. The van der Waals surface area contributed by atoms with Gasteiger partial charge in [0, 0.05) is 0 Å². The minimum atomic E-state index is -2.93. The van der Waals surface area contributed by atoms with Crippen LogP contribution in [0.25, 0.3) is 0 Å². The normalized spacial score (nSPS) is 23.6. The van der Waals surface area contributed by atoms with E-state index in [2.05, 4.69) is 20.0 Å². The van der Waals surface area contributed by atoms with E-state index >= 15 is 0 Å². The van der Waals surface area contributed by atoms with Crippen LogP contribution in [0.4, 0.5) is 4.39 Å². The zero-order valence-electron chi connectivity index (χ0n) is 16.8. The first-order valence-electron chi connectivity index (χ1n) is 10.5. The van der Waals surface area contributed by atoms with Crippen LogP contribution >= 0.6 is 0 Å². The van der Waals surface area contributed by atoms with E-state index in [-0.39, 0.29) is 15.4 Å². The Morgan fingerprint density at radius 2 is 2.14 bits per heavy atom. The van der Waals surface area contributed by atoms with Crippen LogP contribution < -0.4 is 3.58 Å². The zero-order valence-corrected chi connectivity index (χ0v) is 20.1. The second-order valence-corrected chi connectivity index (χ2v) is 14.6. The number of allylic oxidation sites excluding steroid dienone is 1. The third kappa shape index (κ3) is 4.59. The van der Waals surface area contributed by atoms with Gasteiger partial charge in [0.05, 0.1) is 0 Å². The van der Waals surface area contributed by atoms with Gasteiger partial charge in [0.2, 0.25) is 0 Å². The Labute approximate surface area is 177 Å². The summed E-state index contributed by atoms with van der Waals surface area (Å²) in [6.07, 6.45) is 3.49. The number of aromatic nitrogens is 2. The van der Waals surface area contributed by atoms with Gasteiger partial charge in [-0.1, -0.05) is 0 Å². The summed E-state index contributed by atoms with van der Waals surface area (Å²) in [7, 11) is 0. The predicted octanol–water partition coefficient (Wildman–Crippen LogP) is 0.546. The number of rotatable bonds is 6. The Morgan fingerprint density at radius 3 is 2.83 bits per heavy atom. The van der Waals surface area contributed by atoms with Gasteiger partial charge < -0.3 is 5.11 Å². The number of carbonyl (C=O) groups excluding carboxylic acids is 1. The van der Waals surface area contributed by atoms with Gasteiger partial charge in [0.1, 0.15) is 6.61 Å². The van der Waals surface area contributed by atoms with Crippen molar-refractivity contribution in [2.45, 2.75) is 38.5 Å². The fourth-order valence-electron chi connectivity index (χ4n) is 4.49. The number of aliphatic imine (C=N–C) groups is 1. The Kier molecular flexibility index (Phi) is 6.70. The van der Waals surface area contributed by atoms with Crippen LogP contribution in [0.5, 0.6) is 0 Å². The molecule has 3 aliphatic heterocycles. The first-order valence-corrected chi connectivity index (χ1v) is 15.7. The number of aliphatic hydroxyl groups excluding tert-OH is 1. The SMILES string of the molecule is CCC1=[C](F)[In]([c]2noc(C3CCN(C[C@@H]4CCN(C(=O)CO)C4)CC3)n2)[CH]=N1. The standard InChI is InChI=1S/C14H21N4O3.C5H6FN.In/c19-9-13(20)18-6-1-11(8-18)7-17-4-2-12(3-5-17)14-15-10-16-21-14;1-3-5(4-6)7-2;/h11-12,19H,1-9H2;2H,3H2,1H3;/t11-;;/m0../s1. The van der Waals surface area contributed by atoms with Crippen LogP contribution in [-0.2, 0) is 4.79 Å². The summed E-state index contributed by atoms with van der Waals surface area (Å²) in [6.45, 7) is 5.87. The van der Waals surface area contributed by atoms with Crippen LogP contribution in [0.1, 0.15) is 44.4 Å². The van der Waals surface area contributed by atoms with E-state index in [0.29, 0.717) is 27.5 Å². The predicted molar refractivity (Wildman–Crippen MR) is 107 cm³/mol. The molecule has 1 atom stereocenters. The molecule has 4 rings (SSSR count). The van der Waals surface area contributed by atoms with Crippen LogP contribution in [0, 0.1) is 5.92 Å². The number of carbonyl (C=O) groups is 1. The second kappa shape index (κ2) is 9.26. The van der Waals surface area contributed by atoms with Crippen LogP contribution in [-0.4, -0.2) is 95.7 Å². The topological polar surface area (TPSA) is 95.1 Å². The van der Waals surface area contributed by atoms with E-state index in [0.717, 1.165) is 52.0 Å². The molecule has 2 saturated heterocycles. The first kappa shape index (κ1) is 21.0. The Balaban J connectivity index is 1.28. The third-order valence-electron chi connectivity index (χ3n) is 6.23. The van der Waals surface area contributed by atoms with Gasteiger partial charge in [-0.15, -0.1) is 0 Å². The molecule has 29 heavy (non-hydrogen) atoms. The van der Waals surface area contributed by atoms with Crippen molar-refractivity contribution in [3.63, 3.8) is 0 Å². The fourth-order valence-corrected chi connectivity index (χ4v) is 9.88. The van der Waals surface area contributed by atoms with E-state index in [4.69, 9.17) is 9.63 Å². The number of likely N-dealkylation sites (tertiary alicyclic amines) is 2. The molecule has 1 amide bonds. The van der Waals surface area contributed by atoms with E-state index in [1.165, 1.54) is 0 Å².